The number of nitrogens with zero attached hydrogens (tertiary/aromatic N) is 1. The third-order valence-electron chi connectivity index (χ3n) is 1.92. The molecule has 2 aromatic rings. The fourth-order valence-electron chi connectivity index (χ4n) is 1.29. The molecule has 0 aromatic carbocycles. The Bertz CT molecular complexity index is 407. The van der Waals surface area contributed by atoms with E-state index in [0.717, 1.165) is 22.2 Å². The van der Waals surface area contributed by atoms with Crippen LogP contribution >= 0.6 is 0 Å². The van der Waals surface area contributed by atoms with Gasteiger partial charge in [-0.15, -0.1) is 0 Å². The van der Waals surface area contributed by atoms with Gasteiger partial charge in [0, 0.05) is 23.3 Å². The van der Waals surface area contributed by atoms with Gasteiger partial charge in [0.1, 0.15) is 5.65 Å². The number of pyridine rings is 1. The largest absolute Gasteiger partial charge is 0.392 e. The molecule has 2 aromatic heterocycles. The molecule has 2 N–H and O–H groups in total. The minimum Gasteiger partial charge on any atom is -0.392 e. The van der Waals surface area contributed by atoms with Gasteiger partial charge >= 0.3 is 0 Å². The molecule has 14 heavy (non-hydrogen) atoms. The summed E-state index contributed by atoms with van der Waals surface area (Å²) in [6.07, 6.45) is 3.59. The van der Waals surface area contributed by atoms with Crippen molar-refractivity contribution in [2.24, 2.45) is 0 Å². The molecule has 0 atom stereocenters. The van der Waals surface area contributed by atoms with Gasteiger partial charge in [-0.05, 0) is 18.6 Å². The minimum absolute atomic E-state index is 0.0606. The maximum Gasteiger partial charge on any atom is 0.137 e. The zero-order chi connectivity index (χ0) is 10.6. The van der Waals surface area contributed by atoms with E-state index in [-0.39, 0.29) is 6.61 Å². The summed E-state index contributed by atoms with van der Waals surface area (Å²) in [7, 11) is 0. The van der Waals surface area contributed by atoms with Crippen molar-refractivity contribution in [1.82, 2.24) is 9.97 Å². The smallest absolute Gasteiger partial charge is 0.137 e. The summed E-state index contributed by atoms with van der Waals surface area (Å²) in [5, 5.41) is 9.98. The quantitative estimate of drug-likeness (QED) is 0.728. The van der Waals surface area contributed by atoms with Crippen LogP contribution in [0.4, 0.5) is 0 Å². The van der Waals surface area contributed by atoms with Gasteiger partial charge in [-0.1, -0.05) is 13.8 Å². The normalized spacial score (nSPS) is 9.71. The second-order valence-electron chi connectivity index (χ2n) is 2.88. The first kappa shape index (κ1) is 10.7. The summed E-state index contributed by atoms with van der Waals surface area (Å²) >= 11 is 0. The van der Waals surface area contributed by atoms with Gasteiger partial charge in [0.2, 0.25) is 0 Å². The van der Waals surface area contributed by atoms with Gasteiger partial charge < -0.3 is 10.1 Å². The van der Waals surface area contributed by atoms with Gasteiger partial charge in [0.05, 0.1) is 6.61 Å². The predicted octanol–water partition coefficient (Wildman–Crippen LogP) is 2.39. The standard InChI is InChI=1S/C9H10N2O.C2H6/c1-6-2-8-7(5-12)4-11-9(8)10-3-6;1-2/h2-4,12H,5H2,1H3,(H,10,11);1-2H3. The van der Waals surface area contributed by atoms with Gasteiger partial charge in [-0.2, -0.15) is 0 Å². The van der Waals surface area contributed by atoms with E-state index in [9.17, 15) is 0 Å². The Morgan fingerprint density at radius 3 is 2.79 bits per heavy atom. The summed E-state index contributed by atoms with van der Waals surface area (Å²) in [4.78, 5) is 7.18. The summed E-state index contributed by atoms with van der Waals surface area (Å²) in [6, 6.07) is 2.02. The molecule has 0 spiro atoms. The van der Waals surface area contributed by atoms with Gasteiger partial charge in [-0.25, -0.2) is 4.98 Å². The third kappa shape index (κ3) is 1.93. The highest BCUT2D eigenvalue weighted by atomic mass is 16.3. The van der Waals surface area contributed by atoms with Crippen LogP contribution in [0.2, 0.25) is 0 Å². The van der Waals surface area contributed by atoms with Crippen molar-refractivity contribution in [3.8, 4) is 0 Å². The Hall–Kier alpha value is -1.35. The average Bonchev–Trinajstić information content (AvgIpc) is 2.63. The lowest BCUT2D eigenvalue weighted by atomic mass is 10.2. The molecular weight excluding hydrogens is 176 g/mol. The number of hydrogen-bond acceptors (Lipinski definition) is 2. The first-order valence-electron chi connectivity index (χ1n) is 4.84. The van der Waals surface area contributed by atoms with Gasteiger partial charge in [-0.3, -0.25) is 0 Å². The molecule has 0 bridgehead atoms. The van der Waals surface area contributed by atoms with Crippen LogP contribution in [-0.2, 0) is 6.61 Å². The fraction of sp³-hybridized carbons (Fsp3) is 0.364. The number of nitrogens with one attached hydrogen (secondary N) is 1. The SMILES string of the molecule is CC.Cc1cnc2[nH]cc(CO)c2c1. The van der Waals surface area contributed by atoms with Crippen molar-refractivity contribution in [2.75, 3.05) is 0 Å². The Morgan fingerprint density at radius 2 is 2.14 bits per heavy atom. The molecule has 0 amide bonds. The zero-order valence-electron chi connectivity index (χ0n) is 8.83. The van der Waals surface area contributed by atoms with E-state index in [1.807, 2.05) is 26.8 Å². The van der Waals surface area contributed by atoms with E-state index in [1.165, 1.54) is 0 Å². The Kier molecular flexibility index (Phi) is 3.65. The van der Waals surface area contributed by atoms with Crippen molar-refractivity contribution in [2.45, 2.75) is 27.4 Å². The van der Waals surface area contributed by atoms with E-state index in [1.54, 1.807) is 12.4 Å². The van der Waals surface area contributed by atoms with Crippen molar-refractivity contribution >= 4 is 11.0 Å². The number of aliphatic hydroxyl groups excluding tert-OH is 1. The maximum absolute atomic E-state index is 8.97. The van der Waals surface area contributed by atoms with Crippen LogP contribution in [0.3, 0.4) is 0 Å². The van der Waals surface area contributed by atoms with Gasteiger partial charge in [0.25, 0.3) is 0 Å². The Balaban J connectivity index is 0.000000461. The van der Waals surface area contributed by atoms with E-state index in [2.05, 4.69) is 9.97 Å². The molecule has 0 radical (unpaired) electrons. The van der Waals surface area contributed by atoms with Crippen LogP contribution < -0.4 is 0 Å². The minimum atomic E-state index is 0.0606. The molecule has 0 aliphatic rings. The summed E-state index contributed by atoms with van der Waals surface area (Å²) < 4.78 is 0. The van der Waals surface area contributed by atoms with Crippen LogP contribution in [0.5, 0.6) is 0 Å². The average molecular weight is 192 g/mol. The molecule has 3 nitrogen and oxygen atoms in total. The highest BCUT2D eigenvalue weighted by Crippen LogP contribution is 2.16. The maximum atomic E-state index is 8.97. The number of aromatic amines is 1. The lowest BCUT2D eigenvalue weighted by Crippen LogP contribution is -1.81. The number of fused-ring (bicyclic) bond motifs is 1. The number of rotatable bonds is 1. The van der Waals surface area contributed by atoms with E-state index < -0.39 is 0 Å². The molecule has 0 saturated heterocycles. The van der Waals surface area contributed by atoms with Crippen molar-refractivity contribution in [3.05, 3.63) is 29.6 Å². The highest BCUT2D eigenvalue weighted by molar-refractivity contribution is 5.79. The summed E-state index contributed by atoms with van der Waals surface area (Å²) in [5.41, 5.74) is 2.85. The summed E-state index contributed by atoms with van der Waals surface area (Å²) in [6.45, 7) is 6.05. The second-order valence-corrected chi connectivity index (χ2v) is 2.88. The number of H-pyrrole nitrogens is 1. The van der Waals surface area contributed by atoms with E-state index in [0.29, 0.717) is 0 Å². The fourth-order valence-corrected chi connectivity index (χ4v) is 1.29. The predicted molar refractivity (Wildman–Crippen MR) is 58.1 cm³/mol. The molecule has 0 aliphatic heterocycles. The Labute approximate surface area is 83.8 Å². The van der Waals surface area contributed by atoms with Crippen LogP contribution in [0, 0.1) is 6.92 Å². The molecule has 2 rings (SSSR count). The zero-order valence-corrected chi connectivity index (χ0v) is 8.83. The molecular formula is C11H16N2O. The van der Waals surface area contributed by atoms with Crippen LogP contribution in [0.1, 0.15) is 25.0 Å². The molecule has 0 unspecified atom stereocenters. The third-order valence-corrected chi connectivity index (χ3v) is 1.92. The lowest BCUT2D eigenvalue weighted by molar-refractivity contribution is 0.283. The van der Waals surface area contributed by atoms with E-state index >= 15 is 0 Å². The highest BCUT2D eigenvalue weighted by Gasteiger charge is 2.02. The van der Waals surface area contributed by atoms with Crippen molar-refractivity contribution < 1.29 is 5.11 Å². The monoisotopic (exact) mass is 192 g/mol. The number of hydrogen-bond donors (Lipinski definition) is 2. The second kappa shape index (κ2) is 4.77. The van der Waals surface area contributed by atoms with Gasteiger partial charge in [0.15, 0.2) is 0 Å². The topological polar surface area (TPSA) is 48.9 Å². The number of aryl methyl sites for hydroxylation is 1. The summed E-state index contributed by atoms with van der Waals surface area (Å²) in [5.74, 6) is 0. The molecule has 2 heterocycles. The van der Waals surface area contributed by atoms with Crippen LogP contribution in [0.25, 0.3) is 11.0 Å². The number of aliphatic hydroxyl groups is 1. The van der Waals surface area contributed by atoms with Crippen LogP contribution in [-0.4, -0.2) is 15.1 Å². The van der Waals surface area contributed by atoms with Crippen molar-refractivity contribution in [3.63, 3.8) is 0 Å². The first-order chi connectivity index (χ1) is 6.81. The first-order valence-corrected chi connectivity index (χ1v) is 4.84. The molecule has 3 heteroatoms. The molecule has 0 aliphatic carbocycles. The van der Waals surface area contributed by atoms with Crippen LogP contribution in [0.15, 0.2) is 18.5 Å². The number of aromatic nitrogens is 2. The molecule has 0 saturated carbocycles. The molecule has 0 fully saturated rings. The van der Waals surface area contributed by atoms with Crippen molar-refractivity contribution in [1.29, 1.82) is 0 Å². The molecule has 76 valence electrons. The van der Waals surface area contributed by atoms with E-state index in [4.69, 9.17) is 5.11 Å². The lowest BCUT2D eigenvalue weighted by Gasteiger charge is -1.93. The Morgan fingerprint density at radius 1 is 1.43 bits per heavy atom.